The molecule has 174 valence electrons. The Bertz CT molecular complexity index is 1020. The zero-order valence-electron chi connectivity index (χ0n) is 19.3. The maximum atomic E-state index is 13.6. The summed E-state index contributed by atoms with van der Waals surface area (Å²) in [7, 11) is 3.44. The zero-order valence-corrected chi connectivity index (χ0v) is 19.3. The first kappa shape index (κ1) is 23.0. The van der Waals surface area contributed by atoms with Crippen LogP contribution in [-0.2, 0) is 20.9 Å². The van der Waals surface area contributed by atoms with Crippen LogP contribution in [-0.4, -0.2) is 80.1 Å². The summed E-state index contributed by atoms with van der Waals surface area (Å²) in [6.45, 7) is 4.98. The fourth-order valence-corrected chi connectivity index (χ4v) is 4.43. The molecule has 0 radical (unpaired) electrons. The van der Waals surface area contributed by atoms with Crippen molar-refractivity contribution < 1.29 is 19.1 Å². The summed E-state index contributed by atoms with van der Waals surface area (Å²) >= 11 is 0. The van der Waals surface area contributed by atoms with Gasteiger partial charge in [0.1, 0.15) is 11.4 Å². The van der Waals surface area contributed by atoms with Crippen LogP contribution in [0.3, 0.4) is 0 Å². The number of benzene rings is 2. The molecule has 2 aromatic carbocycles. The molecule has 0 unspecified atom stereocenters. The van der Waals surface area contributed by atoms with Crippen LogP contribution in [0.15, 0.2) is 60.3 Å². The molecule has 7 heteroatoms. The molecule has 0 atom stereocenters. The minimum Gasteiger partial charge on any atom is -0.496 e. The molecule has 2 amide bonds. The number of amides is 2. The molecule has 2 aromatic rings. The second-order valence-corrected chi connectivity index (χ2v) is 8.34. The highest BCUT2D eigenvalue weighted by Gasteiger charge is 2.41. The number of likely N-dealkylation sites (N-methyl/N-ethyl adjacent to an activating group) is 1. The van der Waals surface area contributed by atoms with Crippen molar-refractivity contribution in [1.29, 1.82) is 0 Å². The maximum Gasteiger partial charge on any atom is 0.277 e. The molecule has 2 aliphatic heterocycles. The predicted molar refractivity (Wildman–Crippen MR) is 126 cm³/mol. The van der Waals surface area contributed by atoms with E-state index in [-0.39, 0.29) is 11.8 Å². The van der Waals surface area contributed by atoms with E-state index < -0.39 is 0 Å². The van der Waals surface area contributed by atoms with Crippen molar-refractivity contribution in [3.8, 4) is 5.75 Å². The molecule has 0 spiro atoms. The smallest absolute Gasteiger partial charge is 0.277 e. The lowest BCUT2D eigenvalue weighted by atomic mass is 10.0. The first-order chi connectivity index (χ1) is 16.1. The summed E-state index contributed by atoms with van der Waals surface area (Å²) in [5, 5.41) is 0. The van der Waals surface area contributed by atoms with Crippen molar-refractivity contribution in [2.75, 3.05) is 53.6 Å². The molecule has 0 bridgehead atoms. The van der Waals surface area contributed by atoms with Gasteiger partial charge in [-0.1, -0.05) is 48.5 Å². The Morgan fingerprint density at radius 2 is 1.64 bits per heavy atom. The molecule has 0 aromatic heterocycles. The van der Waals surface area contributed by atoms with Gasteiger partial charge in [0.25, 0.3) is 11.8 Å². The van der Waals surface area contributed by atoms with Crippen molar-refractivity contribution in [3.63, 3.8) is 0 Å². The van der Waals surface area contributed by atoms with Crippen molar-refractivity contribution >= 4 is 17.4 Å². The number of hydrogen-bond acceptors (Lipinski definition) is 6. The fourth-order valence-electron chi connectivity index (χ4n) is 4.43. The van der Waals surface area contributed by atoms with Gasteiger partial charge in [0, 0.05) is 45.3 Å². The number of para-hydroxylation sites is 1. The molecule has 1 saturated heterocycles. The standard InChI is InChI=1S/C26H31N3O4/c1-27(19-20-9-4-3-5-10-20)24-23(21-11-6-7-12-22(21)32-2)25(30)29(26(24)31)14-8-13-28-15-17-33-18-16-28/h3-7,9-12H,8,13-19H2,1-2H3. The topological polar surface area (TPSA) is 62.3 Å². The number of carbonyl (C=O) groups is 2. The third-order valence-electron chi connectivity index (χ3n) is 6.12. The van der Waals surface area contributed by atoms with Crippen LogP contribution in [0, 0.1) is 0 Å². The lowest BCUT2D eigenvalue weighted by Gasteiger charge is -2.27. The summed E-state index contributed by atoms with van der Waals surface area (Å²) in [5.41, 5.74) is 2.53. The quantitative estimate of drug-likeness (QED) is 0.549. The second-order valence-electron chi connectivity index (χ2n) is 8.34. The number of hydrogen-bond donors (Lipinski definition) is 0. The third-order valence-corrected chi connectivity index (χ3v) is 6.12. The molecule has 7 nitrogen and oxygen atoms in total. The number of nitrogens with zero attached hydrogens (tertiary/aromatic N) is 3. The lowest BCUT2D eigenvalue weighted by Crippen LogP contribution is -2.39. The van der Waals surface area contributed by atoms with Crippen LogP contribution in [0.25, 0.3) is 5.57 Å². The number of methoxy groups -OCH3 is 1. The van der Waals surface area contributed by atoms with E-state index in [1.54, 1.807) is 7.11 Å². The summed E-state index contributed by atoms with van der Waals surface area (Å²) in [6.07, 6.45) is 0.729. The van der Waals surface area contributed by atoms with Gasteiger partial charge in [-0.3, -0.25) is 19.4 Å². The molecule has 2 aliphatic rings. The number of ether oxygens (including phenoxy) is 2. The molecule has 33 heavy (non-hydrogen) atoms. The molecule has 4 rings (SSSR count). The van der Waals surface area contributed by atoms with Crippen molar-refractivity contribution in [3.05, 3.63) is 71.4 Å². The Morgan fingerprint density at radius 1 is 0.939 bits per heavy atom. The summed E-state index contributed by atoms with van der Waals surface area (Å²) < 4.78 is 10.9. The van der Waals surface area contributed by atoms with Crippen LogP contribution in [0.1, 0.15) is 17.5 Å². The summed E-state index contributed by atoms with van der Waals surface area (Å²) in [5.74, 6) is 0.0668. The van der Waals surface area contributed by atoms with Gasteiger partial charge in [0.05, 0.1) is 25.9 Å². The van der Waals surface area contributed by atoms with E-state index in [2.05, 4.69) is 4.90 Å². The van der Waals surface area contributed by atoms with Gasteiger partial charge in [-0.15, -0.1) is 0 Å². The lowest BCUT2D eigenvalue weighted by molar-refractivity contribution is -0.137. The highest BCUT2D eigenvalue weighted by atomic mass is 16.5. The number of rotatable bonds is 9. The number of morpholine rings is 1. The van der Waals surface area contributed by atoms with Gasteiger partial charge >= 0.3 is 0 Å². The Balaban J connectivity index is 1.60. The largest absolute Gasteiger partial charge is 0.496 e. The Hall–Kier alpha value is -3.16. The Morgan fingerprint density at radius 3 is 2.36 bits per heavy atom. The highest BCUT2D eigenvalue weighted by Crippen LogP contribution is 2.36. The summed E-state index contributed by atoms with van der Waals surface area (Å²) in [4.78, 5) is 32.7. The molecule has 1 fully saturated rings. The normalized spacial score (nSPS) is 17.1. The van der Waals surface area contributed by atoms with Crippen LogP contribution < -0.4 is 4.74 Å². The van der Waals surface area contributed by atoms with Crippen molar-refractivity contribution in [1.82, 2.24) is 14.7 Å². The van der Waals surface area contributed by atoms with E-state index in [4.69, 9.17) is 9.47 Å². The average molecular weight is 450 g/mol. The minimum atomic E-state index is -0.263. The van der Waals surface area contributed by atoms with Crippen LogP contribution in [0.2, 0.25) is 0 Å². The summed E-state index contributed by atoms with van der Waals surface area (Å²) in [6, 6.07) is 17.3. The third kappa shape index (κ3) is 5.10. The Labute approximate surface area is 195 Å². The van der Waals surface area contributed by atoms with E-state index in [1.165, 1.54) is 4.90 Å². The fraction of sp³-hybridized carbons (Fsp3) is 0.385. The van der Waals surface area contributed by atoms with Crippen LogP contribution in [0.4, 0.5) is 0 Å². The Kier molecular flexibility index (Phi) is 7.42. The minimum absolute atomic E-state index is 0.249. The van der Waals surface area contributed by atoms with Gasteiger partial charge in [0.2, 0.25) is 0 Å². The van der Waals surface area contributed by atoms with Crippen molar-refractivity contribution in [2.24, 2.45) is 0 Å². The van der Waals surface area contributed by atoms with Gasteiger partial charge in [-0.25, -0.2) is 0 Å². The van der Waals surface area contributed by atoms with E-state index in [0.717, 1.165) is 44.8 Å². The SMILES string of the molecule is COc1ccccc1C1=C(N(C)Cc2ccccc2)C(=O)N(CCCN2CCOCC2)C1=O. The van der Waals surface area contributed by atoms with Gasteiger partial charge in [0.15, 0.2) is 0 Å². The highest BCUT2D eigenvalue weighted by molar-refractivity contribution is 6.36. The second kappa shape index (κ2) is 10.6. The van der Waals surface area contributed by atoms with E-state index in [1.807, 2.05) is 66.5 Å². The van der Waals surface area contributed by atoms with Gasteiger partial charge < -0.3 is 14.4 Å². The van der Waals surface area contributed by atoms with E-state index in [9.17, 15) is 9.59 Å². The average Bonchev–Trinajstić information content (AvgIpc) is 3.10. The zero-order chi connectivity index (χ0) is 23.2. The monoisotopic (exact) mass is 449 g/mol. The first-order valence-corrected chi connectivity index (χ1v) is 11.4. The number of imide groups is 1. The van der Waals surface area contributed by atoms with E-state index in [0.29, 0.717) is 35.7 Å². The van der Waals surface area contributed by atoms with Gasteiger partial charge in [-0.05, 0) is 18.1 Å². The van der Waals surface area contributed by atoms with Crippen LogP contribution >= 0.6 is 0 Å². The molecule has 0 N–H and O–H groups in total. The maximum absolute atomic E-state index is 13.6. The molecular formula is C26H31N3O4. The van der Waals surface area contributed by atoms with Crippen LogP contribution in [0.5, 0.6) is 5.75 Å². The predicted octanol–water partition coefficient (Wildman–Crippen LogP) is 2.63. The van der Waals surface area contributed by atoms with Gasteiger partial charge in [-0.2, -0.15) is 0 Å². The van der Waals surface area contributed by atoms with E-state index >= 15 is 0 Å². The molecule has 0 aliphatic carbocycles. The van der Waals surface area contributed by atoms with Crippen molar-refractivity contribution in [2.45, 2.75) is 13.0 Å². The molecule has 2 heterocycles. The molecular weight excluding hydrogens is 418 g/mol. The molecule has 0 saturated carbocycles. The first-order valence-electron chi connectivity index (χ1n) is 11.4. The number of carbonyl (C=O) groups excluding carboxylic acids is 2.